The fourth-order valence-electron chi connectivity index (χ4n) is 2.77. The summed E-state index contributed by atoms with van der Waals surface area (Å²) in [7, 11) is 0. The van der Waals surface area contributed by atoms with Crippen LogP contribution in [0.5, 0.6) is 0 Å². The number of benzene rings is 1. The van der Waals surface area contributed by atoms with Gasteiger partial charge in [0, 0.05) is 5.54 Å². The lowest BCUT2D eigenvalue weighted by molar-refractivity contribution is 0.302. The zero-order chi connectivity index (χ0) is 14.5. The van der Waals surface area contributed by atoms with Crippen LogP contribution in [-0.2, 0) is 11.0 Å². The normalized spacial score (nSPS) is 18.4. The largest absolute Gasteiger partial charge is 0.321 e. The minimum absolute atomic E-state index is 0.0608. The van der Waals surface area contributed by atoms with Gasteiger partial charge in [-0.1, -0.05) is 78.1 Å². The Balaban J connectivity index is 0.000000861. The molecule has 1 aromatic carbocycles. The lowest BCUT2D eigenvalue weighted by Gasteiger charge is -2.34. The summed E-state index contributed by atoms with van der Waals surface area (Å²) in [5.74, 6) is 0. The summed E-state index contributed by atoms with van der Waals surface area (Å²) in [6, 6.07) is 8.98. The Morgan fingerprint density at radius 2 is 1.37 bits per heavy atom. The molecular weight excluding hydrogens is 230 g/mol. The van der Waals surface area contributed by atoms with Crippen molar-refractivity contribution in [3.05, 3.63) is 35.4 Å². The highest BCUT2D eigenvalue weighted by atomic mass is 14.7. The molecule has 1 aliphatic rings. The molecule has 0 aromatic heterocycles. The lowest BCUT2D eigenvalue weighted by atomic mass is 9.76. The molecule has 1 nitrogen and oxygen atoms in total. The molecule has 2 N–H and O–H groups in total. The third-order valence-corrected chi connectivity index (χ3v) is 4.07. The average Bonchev–Trinajstić information content (AvgIpc) is 2.41. The molecule has 1 aromatic rings. The van der Waals surface area contributed by atoms with E-state index in [9.17, 15) is 0 Å². The Labute approximate surface area is 119 Å². The van der Waals surface area contributed by atoms with E-state index in [1.54, 1.807) is 0 Å². The summed E-state index contributed by atoms with van der Waals surface area (Å²) in [5.41, 5.74) is 9.42. The van der Waals surface area contributed by atoms with E-state index in [0.29, 0.717) is 0 Å². The molecule has 0 aliphatic heterocycles. The molecule has 19 heavy (non-hydrogen) atoms. The number of nitrogens with two attached hydrogens (primary N) is 1. The van der Waals surface area contributed by atoms with Gasteiger partial charge in [-0.05, 0) is 29.4 Å². The Morgan fingerprint density at radius 1 is 0.895 bits per heavy atom. The van der Waals surface area contributed by atoms with Crippen molar-refractivity contribution in [3.8, 4) is 0 Å². The van der Waals surface area contributed by atoms with Gasteiger partial charge >= 0.3 is 0 Å². The van der Waals surface area contributed by atoms with Crippen molar-refractivity contribution in [2.75, 3.05) is 0 Å². The molecule has 0 heterocycles. The van der Waals surface area contributed by atoms with Crippen molar-refractivity contribution in [2.24, 2.45) is 5.73 Å². The average molecular weight is 261 g/mol. The first-order chi connectivity index (χ1) is 8.92. The molecule has 0 amide bonds. The minimum Gasteiger partial charge on any atom is -0.321 e. The predicted molar refractivity (Wildman–Crippen MR) is 85.4 cm³/mol. The van der Waals surface area contributed by atoms with Gasteiger partial charge in [-0.15, -0.1) is 0 Å². The second kappa shape index (κ2) is 6.56. The molecule has 0 bridgehead atoms. The Hall–Kier alpha value is -0.820. The van der Waals surface area contributed by atoms with Crippen molar-refractivity contribution in [3.63, 3.8) is 0 Å². The second-order valence-corrected chi connectivity index (χ2v) is 6.54. The van der Waals surface area contributed by atoms with Crippen LogP contribution in [-0.4, -0.2) is 0 Å². The maximum atomic E-state index is 6.54. The third kappa shape index (κ3) is 4.07. The standard InChI is InChI=1S/C16H25N.C2H6/c1-15(2,3)13-7-9-14(10-8-13)16(17)11-5-4-6-12-16;1-2/h7-10H,4-6,11-12,17H2,1-3H3;1-2H3. The van der Waals surface area contributed by atoms with Gasteiger partial charge in [-0.25, -0.2) is 0 Å². The molecule has 1 heteroatoms. The zero-order valence-electron chi connectivity index (χ0n) is 13.4. The first-order valence-electron chi connectivity index (χ1n) is 7.82. The first-order valence-corrected chi connectivity index (χ1v) is 7.82. The van der Waals surface area contributed by atoms with Crippen LogP contribution >= 0.6 is 0 Å². The molecule has 0 unspecified atom stereocenters. The van der Waals surface area contributed by atoms with Crippen LogP contribution in [0.1, 0.15) is 77.8 Å². The van der Waals surface area contributed by atoms with Crippen molar-refractivity contribution in [2.45, 2.75) is 77.7 Å². The summed E-state index contributed by atoms with van der Waals surface area (Å²) in [4.78, 5) is 0. The zero-order valence-corrected chi connectivity index (χ0v) is 13.4. The van der Waals surface area contributed by atoms with E-state index in [2.05, 4.69) is 45.0 Å². The van der Waals surface area contributed by atoms with Crippen molar-refractivity contribution in [1.29, 1.82) is 0 Å². The van der Waals surface area contributed by atoms with Gasteiger partial charge in [0.15, 0.2) is 0 Å². The van der Waals surface area contributed by atoms with Gasteiger partial charge in [-0.2, -0.15) is 0 Å². The summed E-state index contributed by atoms with van der Waals surface area (Å²) in [6.07, 6.45) is 6.18. The summed E-state index contributed by atoms with van der Waals surface area (Å²) < 4.78 is 0. The van der Waals surface area contributed by atoms with E-state index in [1.165, 1.54) is 30.4 Å². The van der Waals surface area contributed by atoms with Crippen molar-refractivity contribution < 1.29 is 0 Å². The Kier molecular flexibility index (Phi) is 5.61. The van der Waals surface area contributed by atoms with Crippen LogP contribution in [0.4, 0.5) is 0 Å². The van der Waals surface area contributed by atoms with E-state index in [-0.39, 0.29) is 11.0 Å². The first kappa shape index (κ1) is 16.2. The highest BCUT2D eigenvalue weighted by Crippen LogP contribution is 2.35. The molecule has 0 saturated heterocycles. The quantitative estimate of drug-likeness (QED) is 0.745. The number of rotatable bonds is 1. The van der Waals surface area contributed by atoms with E-state index < -0.39 is 0 Å². The van der Waals surface area contributed by atoms with E-state index in [4.69, 9.17) is 5.73 Å². The summed E-state index contributed by atoms with van der Waals surface area (Å²) >= 11 is 0. The van der Waals surface area contributed by atoms with Crippen molar-refractivity contribution >= 4 is 0 Å². The van der Waals surface area contributed by atoms with Crippen LogP contribution in [0.15, 0.2) is 24.3 Å². The highest BCUT2D eigenvalue weighted by Gasteiger charge is 2.29. The highest BCUT2D eigenvalue weighted by molar-refractivity contribution is 5.31. The molecule has 0 atom stereocenters. The molecular formula is C18H31N. The van der Waals surface area contributed by atoms with Gasteiger partial charge in [-0.3, -0.25) is 0 Å². The van der Waals surface area contributed by atoms with Crippen LogP contribution < -0.4 is 5.73 Å². The smallest absolute Gasteiger partial charge is 0.0409 e. The monoisotopic (exact) mass is 261 g/mol. The molecule has 1 fully saturated rings. The molecule has 2 rings (SSSR count). The predicted octanol–water partition coefficient (Wildman–Crippen LogP) is 5.13. The Bertz CT molecular complexity index is 364. The maximum absolute atomic E-state index is 6.54. The van der Waals surface area contributed by atoms with Gasteiger partial charge in [0.2, 0.25) is 0 Å². The molecule has 0 spiro atoms. The van der Waals surface area contributed by atoms with Crippen LogP contribution in [0.3, 0.4) is 0 Å². The second-order valence-electron chi connectivity index (χ2n) is 6.54. The summed E-state index contributed by atoms with van der Waals surface area (Å²) in [5, 5.41) is 0. The summed E-state index contributed by atoms with van der Waals surface area (Å²) in [6.45, 7) is 10.8. The van der Waals surface area contributed by atoms with E-state index >= 15 is 0 Å². The van der Waals surface area contributed by atoms with Crippen molar-refractivity contribution in [1.82, 2.24) is 0 Å². The maximum Gasteiger partial charge on any atom is 0.0409 e. The topological polar surface area (TPSA) is 26.0 Å². The number of hydrogen-bond acceptors (Lipinski definition) is 1. The SMILES string of the molecule is CC.CC(C)(C)c1ccc(C2(N)CCCCC2)cc1. The van der Waals surface area contributed by atoms with Gasteiger partial charge in [0.1, 0.15) is 0 Å². The van der Waals surface area contributed by atoms with Crippen LogP contribution in [0.2, 0.25) is 0 Å². The third-order valence-electron chi connectivity index (χ3n) is 4.07. The minimum atomic E-state index is -0.0608. The fourth-order valence-corrected chi connectivity index (χ4v) is 2.77. The fraction of sp³-hybridized carbons (Fsp3) is 0.667. The lowest BCUT2D eigenvalue weighted by Crippen LogP contribution is -2.38. The van der Waals surface area contributed by atoms with Gasteiger partial charge < -0.3 is 5.73 Å². The molecule has 108 valence electrons. The van der Waals surface area contributed by atoms with Crippen LogP contribution in [0.25, 0.3) is 0 Å². The van der Waals surface area contributed by atoms with Gasteiger partial charge in [0.25, 0.3) is 0 Å². The van der Waals surface area contributed by atoms with Crippen LogP contribution in [0, 0.1) is 0 Å². The number of hydrogen-bond donors (Lipinski definition) is 1. The molecule has 1 saturated carbocycles. The van der Waals surface area contributed by atoms with Gasteiger partial charge in [0.05, 0.1) is 0 Å². The van der Waals surface area contributed by atoms with E-state index in [0.717, 1.165) is 12.8 Å². The molecule has 0 radical (unpaired) electrons. The Morgan fingerprint density at radius 3 is 1.79 bits per heavy atom. The van der Waals surface area contributed by atoms with E-state index in [1.807, 2.05) is 13.8 Å². The molecule has 1 aliphatic carbocycles.